The lowest BCUT2D eigenvalue weighted by atomic mass is 9.89. The highest BCUT2D eigenvalue weighted by atomic mass is 35.5. The Labute approximate surface area is 269 Å². The van der Waals surface area contributed by atoms with Crippen molar-refractivity contribution in [1.29, 1.82) is 0 Å². The lowest BCUT2D eigenvalue weighted by Gasteiger charge is -2.37. The first-order chi connectivity index (χ1) is 21.4. The van der Waals surface area contributed by atoms with Crippen LogP contribution in [0.4, 0.5) is 13.2 Å². The number of rotatable bonds is 9. The number of ether oxygens (including phenoxy) is 1. The number of halogens is 4. The minimum Gasteiger partial charge on any atom is -0.496 e. The van der Waals surface area contributed by atoms with Crippen molar-refractivity contribution in [1.82, 2.24) is 14.5 Å². The lowest BCUT2D eigenvalue weighted by molar-refractivity contribution is 0.0604. The van der Waals surface area contributed by atoms with Gasteiger partial charge in [0.2, 0.25) is 10.0 Å². The van der Waals surface area contributed by atoms with E-state index in [1.54, 1.807) is 23.1 Å². The molecule has 0 saturated heterocycles. The number of carbonyl (C=O) groups excluding carboxylic acids is 1. The van der Waals surface area contributed by atoms with Gasteiger partial charge in [0, 0.05) is 43.9 Å². The molecule has 45 heavy (non-hydrogen) atoms. The summed E-state index contributed by atoms with van der Waals surface area (Å²) in [5.74, 6) is -2.13. The van der Waals surface area contributed by atoms with Gasteiger partial charge in [-0.2, -0.15) is 0 Å². The fourth-order valence-electron chi connectivity index (χ4n) is 5.76. The minimum atomic E-state index is -3.84. The molecule has 1 fully saturated rings. The first kappa shape index (κ1) is 33.2. The molecule has 1 N–H and O–H groups in total. The fraction of sp³-hybridized carbons (Fsp3) is 0.344. The summed E-state index contributed by atoms with van der Waals surface area (Å²) in [6, 6.07) is 10.8. The average molecular weight is 680 g/mol. The molecule has 0 atom stereocenters. The predicted molar refractivity (Wildman–Crippen MR) is 171 cm³/mol. The molecule has 7 nitrogen and oxygen atoms in total. The number of thiophene rings is 1. The number of carbonyl (C=O) groups is 1. The second-order valence-electron chi connectivity index (χ2n) is 11.2. The van der Waals surface area contributed by atoms with Gasteiger partial charge in [-0.25, -0.2) is 25.9 Å². The van der Waals surface area contributed by atoms with Crippen LogP contribution >= 0.6 is 22.9 Å². The number of fused-ring (bicyclic) bond motifs is 1. The van der Waals surface area contributed by atoms with Gasteiger partial charge in [0.25, 0.3) is 5.91 Å². The van der Waals surface area contributed by atoms with Crippen LogP contribution in [0, 0.1) is 17.5 Å². The zero-order valence-electron chi connectivity index (χ0n) is 25.2. The molecule has 1 heterocycles. The first-order valence-corrected chi connectivity index (χ1v) is 16.9. The third-order valence-corrected chi connectivity index (χ3v) is 11.8. The molecule has 0 aliphatic heterocycles. The molecule has 13 heteroatoms. The Kier molecular flexibility index (Phi) is 9.81. The van der Waals surface area contributed by atoms with E-state index in [1.807, 2.05) is 7.05 Å². The Bertz CT molecular complexity index is 1860. The summed E-state index contributed by atoms with van der Waals surface area (Å²) < 4.78 is 76.4. The molecular weight excluding hydrogens is 647 g/mol. The molecule has 1 amide bonds. The van der Waals surface area contributed by atoms with E-state index in [-0.39, 0.29) is 43.0 Å². The average Bonchev–Trinajstić information content (AvgIpc) is 3.39. The molecule has 1 aliphatic rings. The number of benzene rings is 3. The highest BCUT2D eigenvalue weighted by molar-refractivity contribution is 7.89. The van der Waals surface area contributed by atoms with E-state index in [9.17, 15) is 22.0 Å². The maximum atomic E-state index is 15.4. The normalized spacial score (nSPS) is 17.2. The molecule has 0 bridgehead atoms. The van der Waals surface area contributed by atoms with Crippen LogP contribution in [0.2, 0.25) is 5.02 Å². The zero-order valence-corrected chi connectivity index (χ0v) is 27.6. The van der Waals surface area contributed by atoms with Gasteiger partial charge in [0.1, 0.15) is 28.1 Å². The standard InChI is InChI=1S/C32H33ClF3N3O4S2/c1-37-20-6-8-21(9-7-20)39(32(40)31-29(33)28-24(34)12-13-25(35)30(28)44-31)17-19-15-18(5-14-27(19)43-4)23-11-10-22(16-26(23)36)45(41,42)38(2)3/h5,10-16,20-21,37H,6-9,17H2,1-4H3. The molecule has 0 unspecified atom stereocenters. The van der Waals surface area contributed by atoms with Crippen LogP contribution in [0.25, 0.3) is 21.2 Å². The van der Waals surface area contributed by atoms with Crippen LogP contribution in [0.5, 0.6) is 5.75 Å². The Balaban J connectivity index is 1.56. The van der Waals surface area contributed by atoms with Gasteiger partial charge in [0.05, 0.1) is 27.1 Å². The summed E-state index contributed by atoms with van der Waals surface area (Å²) in [5.41, 5.74) is 1.19. The maximum Gasteiger partial charge on any atom is 0.266 e. The fourth-order valence-corrected chi connectivity index (χ4v) is 8.18. The Hall–Kier alpha value is -3.16. The summed E-state index contributed by atoms with van der Waals surface area (Å²) in [5, 5.41) is 3.02. The highest BCUT2D eigenvalue weighted by Crippen LogP contribution is 2.41. The first-order valence-electron chi connectivity index (χ1n) is 14.3. The van der Waals surface area contributed by atoms with Gasteiger partial charge in [-0.15, -0.1) is 11.3 Å². The number of nitrogens with one attached hydrogen (secondary N) is 1. The van der Waals surface area contributed by atoms with E-state index < -0.39 is 33.4 Å². The van der Waals surface area contributed by atoms with Crippen molar-refractivity contribution in [2.75, 3.05) is 28.3 Å². The molecule has 1 saturated carbocycles. The van der Waals surface area contributed by atoms with E-state index in [2.05, 4.69) is 5.32 Å². The van der Waals surface area contributed by atoms with Gasteiger partial charge in [0.15, 0.2) is 0 Å². The van der Waals surface area contributed by atoms with Gasteiger partial charge in [-0.05, 0) is 74.7 Å². The number of amides is 1. The van der Waals surface area contributed by atoms with Crippen LogP contribution in [-0.4, -0.2) is 63.9 Å². The van der Waals surface area contributed by atoms with E-state index in [0.29, 0.717) is 35.8 Å². The van der Waals surface area contributed by atoms with Crippen molar-refractivity contribution in [2.45, 2.75) is 49.2 Å². The van der Waals surface area contributed by atoms with Crippen LogP contribution in [-0.2, 0) is 16.6 Å². The van der Waals surface area contributed by atoms with Crippen molar-refractivity contribution in [3.05, 3.63) is 81.4 Å². The summed E-state index contributed by atoms with van der Waals surface area (Å²) in [7, 11) is 2.28. The van der Waals surface area contributed by atoms with Crippen molar-refractivity contribution >= 4 is 49.0 Å². The van der Waals surface area contributed by atoms with E-state index in [1.165, 1.54) is 33.3 Å². The second-order valence-corrected chi connectivity index (χ2v) is 14.7. The number of methoxy groups -OCH3 is 1. The minimum absolute atomic E-state index is 0.0306. The smallest absolute Gasteiger partial charge is 0.266 e. The number of nitrogens with zero attached hydrogens (tertiary/aromatic N) is 2. The molecule has 4 aromatic rings. The Morgan fingerprint density at radius 2 is 1.69 bits per heavy atom. The predicted octanol–water partition coefficient (Wildman–Crippen LogP) is 7.07. The summed E-state index contributed by atoms with van der Waals surface area (Å²) in [4.78, 5) is 15.7. The maximum absolute atomic E-state index is 15.4. The summed E-state index contributed by atoms with van der Waals surface area (Å²) >= 11 is 7.35. The Morgan fingerprint density at radius 1 is 1.00 bits per heavy atom. The number of sulfonamides is 1. The largest absolute Gasteiger partial charge is 0.496 e. The van der Waals surface area contributed by atoms with E-state index in [4.69, 9.17) is 16.3 Å². The molecule has 3 aromatic carbocycles. The van der Waals surface area contributed by atoms with Crippen LogP contribution in [0.15, 0.2) is 53.4 Å². The molecule has 0 spiro atoms. The topological polar surface area (TPSA) is 79.0 Å². The summed E-state index contributed by atoms with van der Waals surface area (Å²) in [6.45, 7) is 0.0506. The molecule has 1 aliphatic carbocycles. The molecule has 0 radical (unpaired) electrons. The van der Waals surface area contributed by atoms with Crippen LogP contribution in [0.3, 0.4) is 0 Å². The van der Waals surface area contributed by atoms with Gasteiger partial charge >= 0.3 is 0 Å². The van der Waals surface area contributed by atoms with Gasteiger partial charge in [-0.1, -0.05) is 23.7 Å². The second kappa shape index (κ2) is 13.3. The number of hydrogen-bond acceptors (Lipinski definition) is 6. The quantitative estimate of drug-likeness (QED) is 0.205. The highest BCUT2D eigenvalue weighted by Gasteiger charge is 2.33. The Morgan fingerprint density at radius 3 is 2.29 bits per heavy atom. The SMILES string of the molecule is CNC1CCC(N(Cc2cc(-c3ccc(S(=O)(=O)N(C)C)cc3F)ccc2OC)C(=O)c2sc3c(F)ccc(F)c3c2Cl)CC1. The summed E-state index contributed by atoms with van der Waals surface area (Å²) in [6.07, 6.45) is 3.00. The third-order valence-electron chi connectivity index (χ3n) is 8.33. The molecule has 5 rings (SSSR count). The zero-order chi connectivity index (χ0) is 32.6. The lowest BCUT2D eigenvalue weighted by Crippen LogP contribution is -2.44. The van der Waals surface area contributed by atoms with Gasteiger partial charge < -0.3 is 15.0 Å². The van der Waals surface area contributed by atoms with Gasteiger partial charge in [-0.3, -0.25) is 4.79 Å². The van der Waals surface area contributed by atoms with Crippen molar-refractivity contribution in [3.8, 4) is 16.9 Å². The monoisotopic (exact) mass is 679 g/mol. The van der Waals surface area contributed by atoms with Crippen LogP contribution < -0.4 is 10.1 Å². The molecule has 240 valence electrons. The van der Waals surface area contributed by atoms with E-state index in [0.717, 1.165) is 46.7 Å². The van der Waals surface area contributed by atoms with E-state index >= 15 is 4.39 Å². The molecular formula is C32H33ClF3N3O4S2. The van der Waals surface area contributed by atoms with Crippen LogP contribution in [0.1, 0.15) is 40.9 Å². The van der Waals surface area contributed by atoms with Crippen molar-refractivity contribution < 1.29 is 31.1 Å². The van der Waals surface area contributed by atoms with Crippen molar-refractivity contribution in [2.24, 2.45) is 0 Å². The number of hydrogen-bond donors (Lipinski definition) is 1. The third kappa shape index (κ3) is 6.44. The molecule has 1 aromatic heterocycles. The van der Waals surface area contributed by atoms with Crippen molar-refractivity contribution in [3.63, 3.8) is 0 Å².